The third-order valence-corrected chi connectivity index (χ3v) is 3.33. The average molecular weight is 264 g/mol. The summed E-state index contributed by atoms with van der Waals surface area (Å²) in [6.07, 6.45) is 1.89. The topological polar surface area (TPSA) is 40.9 Å². The molecule has 1 aromatic rings. The molecule has 15 heavy (non-hydrogen) atoms. The number of hydrogen-bond donors (Lipinski definition) is 0. The van der Waals surface area contributed by atoms with Gasteiger partial charge in [-0.1, -0.05) is 34.1 Å². The van der Waals surface area contributed by atoms with Gasteiger partial charge in [-0.05, 0) is 24.5 Å². The second-order valence-electron chi connectivity index (χ2n) is 3.76. The van der Waals surface area contributed by atoms with Gasteiger partial charge < -0.3 is 0 Å². The first-order valence-corrected chi connectivity index (χ1v) is 5.71. The second-order valence-corrected chi connectivity index (χ2v) is 4.61. The molecule has 1 atom stereocenters. The summed E-state index contributed by atoms with van der Waals surface area (Å²) in [7, 11) is 0. The Labute approximate surface area is 97.0 Å². The fourth-order valence-electron chi connectivity index (χ4n) is 1.60. The average Bonchev–Trinajstić information content (AvgIpc) is 3.05. The van der Waals surface area contributed by atoms with Crippen molar-refractivity contribution in [2.45, 2.75) is 18.8 Å². The van der Waals surface area contributed by atoms with Gasteiger partial charge in [0.2, 0.25) is 0 Å². The number of hydrogen-bond acceptors (Lipinski definition) is 2. The molecule has 0 amide bonds. The smallest absolute Gasteiger partial charge is 0.157 e. The van der Waals surface area contributed by atoms with Crippen LogP contribution in [-0.4, -0.2) is 5.78 Å². The molecule has 0 N–H and O–H groups in total. The van der Waals surface area contributed by atoms with Crippen LogP contribution in [0.1, 0.15) is 24.3 Å². The zero-order valence-corrected chi connectivity index (χ0v) is 9.70. The maximum atomic E-state index is 11.8. The number of rotatable bonds is 3. The van der Waals surface area contributed by atoms with Gasteiger partial charge in [-0.15, -0.1) is 0 Å². The fraction of sp³-hybridized carbons (Fsp3) is 0.333. The van der Waals surface area contributed by atoms with Gasteiger partial charge in [-0.2, -0.15) is 5.26 Å². The standard InChI is InChI=1S/C12H10BrNO/c13-11-4-2-1-3-9(11)10(7-14)12(15)8-5-6-8/h1-4,8,10H,5-6H2. The maximum absolute atomic E-state index is 11.8. The minimum Gasteiger partial charge on any atom is -0.298 e. The maximum Gasteiger partial charge on any atom is 0.157 e. The zero-order valence-electron chi connectivity index (χ0n) is 8.11. The highest BCUT2D eigenvalue weighted by atomic mass is 79.9. The van der Waals surface area contributed by atoms with E-state index in [0.717, 1.165) is 22.9 Å². The molecule has 0 aromatic heterocycles. The summed E-state index contributed by atoms with van der Waals surface area (Å²) in [6.45, 7) is 0. The van der Waals surface area contributed by atoms with Gasteiger partial charge in [0.1, 0.15) is 5.92 Å². The Balaban J connectivity index is 2.31. The van der Waals surface area contributed by atoms with Crippen molar-refractivity contribution < 1.29 is 4.79 Å². The second kappa shape index (κ2) is 4.16. The predicted octanol–water partition coefficient (Wildman–Crippen LogP) is 3.04. The van der Waals surface area contributed by atoms with Crippen molar-refractivity contribution in [3.05, 3.63) is 34.3 Å². The molecule has 0 radical (unpaired) electrons. The molecule has 0 bridgehead atoms. The Morgan fingerprint density at radius 1 is 1.47 bits per heavy atom. The molecule has 1 saturated carbocycles. The molecule has 76 valence electrons. The molecule has 1 aliphatic carbocycles. The van der Waals surface area contributed by atoms with E-state index in [-0.39, 0.29) is 11.7 Å². The number of carbonyl (C=O) groups excluding carboxylic acids is 1. The van der Waals surface area contributed by atoms with Crippen LogP contribution in [0.2, 0.25) is 0 Å². The minimum atomic E-state index is -0.604. The zero-order chi connectivity index (χ0) is 10.8. The number of nitrogens with zero attached hydrogens (tertiary/aromatic N) is 1. The van der Waals surface area contributed by atoms with Crippen LogP contribution in [-0.2, 0) is 4.79 Å². The quantitative estimate of drug-likeness (QED) is 0.841. The number of carbonyl (C=O) groups is 1. The van der Waals surface area contributed by atoms with Gasteiger partial charge in [-0.3, -0.25) is 4.79 Å². The molecule has 2 nitrogen and oxygen atoms in total. The SMILES string of the molecule is N#CC(C(=O)C1CC1)c1ccccc1Br. The molecule has 1 aliphatic rings. The lowest BCUT2D eigenvalue weighted by Crippen LogP contribution is -2.13. The van der Waals surface area contributed by atoms with Crippen molar-refractivity contribution >= 4 is 21.7 Å². The van der Waals surface area contributed by atoms with Crippen molar-refractivity contribution in [2.75, 3.05) is 0 Å². The minimum absolute atomic E-state index is 0.0735. The number of halogens is 1. The molecule has 1 fully saturated rings. The molecule has 3 heteroatoms. The summed E-state index contributed by atoms with van der Waals surface area (Å²) in [5, 5.41) is 9.06. The van der Waals surface area contributed by atoms with Crippen molar-refractivity contribution in [1.29, 1.82) is 5.26 Å². The van der Waals surface area contributed by atoms with Crippen LogP contribution >= 0.6 is 15.9 Å². The van der Waals surface area contributed by atoms with Gasteiger partial charge in [0, 0.05) is 10.4 Å². The lowest BCUT2D eigenvalue weighted by molar-refractivity contribution is -0.120. The van der Waals surface area contributed by atoms with Crippen LogP contribution in [0.25, 0.3) is 0 Å². The van der Waals surface area contributed by atoms with Gasteiger partial charge in [0.25, 0.3) is 0 Å². The van der Waals surface area contributed by atoms with Crippen LogP contribution < -0.4 is 0 Å². The summed E-state index contributed by atoms with van der Waals surface area (Å²) in [4.78, 5) is 11.8. The Morgan fingerprint density at radius 2 is 2.13 bits per heavy atom. The van der Waals surface area contributed by atoms with E-state index < -0.39 is 5.92 Å². The Morgan fingerprint density at radius 3 is 2.67 bits per heavy atom. The Bertz CT molecular complexity index is 431. The summed E-state index contributed by atoms with van der Waals surface area (Å²) in [6, 6.07) is 9.52. The van der Waals surface area contributed by atoms with Gasteiger partial charge in [0.15, 0.2) is 5.78 Å². The van der Waals surface area contributed by atoms with E-state index >= 15 is 0 Å². The lowest BCUT2D eigenvalue weighted by Gasteiger charge is -2.09. The van der Waals surface area contributed by atoms with Crippen LogP contribution in [0, 0.1) is 17.2 Å². The first kappa shape index (κ1) is 10.4. The molecule has 0 saturated heterocycles. The largest absolute Gasteiger partial charge is 0.298 e. The van der Waals surface area contributed by atoms with Crippen LogP contribution in [0.5, 0.6) is 0 Å². The molecule has 0 spiro atoms. The normalized spacial score (nSPS) is 16.8. The molecular formula is C12H10BrNO. The number of ketones is 1. The highest BCUT2D eigenvalue weighted by Gasteiger charge is 2.36. The van der Waals surface area contributed by atoms with E-state index in [1.165, 1.54) is 0 Å². The van der Waals surface area contributed by atoms with E-state index in [0.29, 0.717) is 0 Å². The van der Waals surface area contributed by atoms with Crippen LogP contribution in [0.4, 0.5) is 0 Å². The van der Waals surface area contributed by atoms with Gasteiger partial charge >= 0.3 is 0 Å². The lowest BCUT2D eigenvalue weighted by atomic mass is 9.94. The monoisotopic (exact) mass is 263 g/mol. The summed E-state index contributed by atoms with van der Waals surface area (Å²) < 4.78 is 0.838. The summed E-state index contributed by atoms with van der Waals surface area (Å²) >= 11 is 3.37. The van der Waals surface area contributed by atoms with Gasteiger partial charge in [-0.25, -0.2) is 0 Å². The van der Waals surface area contributed by atoms with E-state index in [4.69, 9.17) is 5.26 Å². The molecule has 0 aliphatic heterocycles. The van der Waals surface area contributed by atoms with E-state index in [1.54, 1.807) is 0 Å². The first-order chi connectivity index (χ1) is 7.24. The Hall–Kier alpha value is -1.14. The van der Waals surface area contributed by atoms with Crippen molar-refractivity contribution in [1.82, 2.24) is 0 Å². The molecule has 2 rings (SSSR count). The van der Waals surface area contributed by atoms with E-state index in [1.807, 2.05) is 24.3 Å². The predicted molar refractivity (Wildman–Crippen MR) is 60.2 cm³/mol. The number of nitriles is 1. The summed E-state index contributed by atoms with van der Waals surface area (Å²) in [5.74, 6) is -0.403. The van der Waals surface area contributed by atoms with Gasteiger partial charge in [0.05, 0.1) is 6.07 Å². The highest BCUT2D eigenvalue weighted by molar-refractivity contribution is 9.10. The number of Topliss-reactive ketones (excluding diaryl/α,β-unsaturated/α-hetero) is 1. The third-order valence-electron chi connectivity index (χ3n) is 2.61. The van der Waals surface area contributed by atoms with Crippen LogP contribution in [0.15, 0.2) is 28.7 Å². The van der Waals surface area contributed by atoms with Crippen molar-refractivity contribution in [2.24, 2.45) is 5.92 Å². The first-order valence-electron chi connectivity index (χ1n) is 4.92. The number of benzene rings is 1. The van der Waals surface area contributed by atoms with E-state index in [9.17, 15) is 4.79 Å². The third kappa shape index (κ3) is 2.10. The molecular weight excluding hydrogens is 254 g/mol. The van der Waals surface area contributed by atoms with E-state index in [2.05, 4.69) is 22.0 Å². The highest BCUT2D eigenvalue weighted by Crippen LogP contribution is 2.36. The van der Waals surface area contributed by atoms with Crippen LogP contribution in [0.3, 0.4) is 0 Å². The Kier molecular flexibility index (Phi) is 2.88. The van der Waals surface area contributed by atoms with Crippen molar-refractivity contribution in [3.63, 3.8) is 0 Å². The molecule has 1 aromatic carbocycles. The van der Waals surface area contributed by atoms with Crippen molar-refractivity contribution in [3.8, 4) is 6.07 Å². The summed E-state index contributed by atoms with van der Waals surface area (Å²) in [5.41, 5.74) is 0.789. The molecule has 1 unspecified atom stereocenters. The molecule has 0 heterocycles. The fourth-order valence-corrected chi connectivity index (χ4v) is 2.11.